The van der Waals surface area contributed by atoms with E-state index in [0.717, 1.165) is 44.9 Å². The van der Waals surface area contributed by atoms with E-state index in [1.807, 2.05) is 4.90 Å². The summed E-state index contributed by atoms with van der Waals surface area (Å²) >= 11 is 0. The number of piperidine rings is 1. The van der Waals surface area contributed by atoms with Crippen LogP contribution in [0.3, 0.4) is 0 Å². The molecule has 0 spiro atoms. The number of nitro groups is 1. The number of nitro benzene ring substituents is 1. The van der Waals surface area contributed by atoms with Crippen LogP contribution in [-0.4, -0.2) is 83.4 Å². The van der Waals surface area contributed by atoms with Gasteiger partial charge in [-0.05, 0) is 37.8 Å². The first-order valence-electron chi connectivity index (χ1n) is 13.5. The van der Waals surface area contributed by atoms with Crippen molar-refractivity contribution in [3.05, 3.63) is 33.9 Å². The molecule has 0 aromatic heterocycles. The Morgan fingerprint density at radius 3 is 2.24 bits per heavy atom. The number of amides is 1. The van der Waals surface area contributed by atoms with Crippen LogP contribution >= 0.6 is 0 Å². The number of carbonyl (C=O) groups is 1. The van der Waals surface area contributed by atoms with Crippen LogP contribution in [0.5, 0.6) is 0 Å². The molecule has 11 heteroatoms. The predicted molar refractivity (Wildman–Crippen MR) is 138 cm³/mol. The first-order chi connectivity index (χ1) is 17.6. The van der Waals surface area contributed by atoms with Crippen molar-refractivity contribution in [2.75, 3.05) is 51.1 Å². The van der Waals surface area contributed by atoms with E-state index in [1.165, 1.54) is 31.7 Å². The van der Waals surface area contributed by atoms with Gasteiger partial charge in [-0.25, -0.2) is 0 Å². The smallest absolute Gasteiger partial charge is 0.382 e. The van der Waals surface area contributed by atoms with Gasteiger partial charge < -0.3 is 15.1 Å². The average Bonchev–Trinajstić information content (AvgIpc) is 2.87. The zero-order valence-corrected chi connectivity index (χ0v) is 21.9. The lowest BCUT2D eigenvalue weighted by atomic mass is 10.0. The number of alkyl halides is 3. The van der Waals surface area contributed by atoms with Gasteiger partial charge in [0.25, 0.3) is 5.69 Å². The maximum Gasteiger partial charge on any atom is 0.423 e. The highest BCUT2D eigenvalue weighted by atomic mass is 19.4. The second-order valence-corrected chi connectivity index (χ2v) is 10.1. The van der Waals surface area contributed by atoms with Gasteiger partial charge >= 0.3 is 6.18 Å². The van der Waals surface area contributed by atoms with Crippen LogP contribution in [0, 0.1) is 10.1 Å². The summed E-state index contributed by atoms with van der Waals surface area (Å²) in [6.07, 6.45) is 1.77. The van der Waals surface area contributed by atoms with Crippen molar-refractivity contribution < 1.29 is 22.9 Å². The molecule has 2 fully saturated rings. The zero-order valence-electron chi connectivity index (χ0n) is 21.9. The van der Waals surface area contributed by atoms with Crippen molar-refractivity contribution in [1.29, 1.82) is 0 Å². The summed E-state index contributed by atoms with van der Waals surface area (Å²) < 4.78 is 39.7. The van der Waals surface area contributed by atoms with Gasteiger partial charge in [0.05, 0.1) is 4.92 Å². The Bertz CT molecular complexity index is 892. The van der Waals surface area contributed by atoms with E-state index in [1.54, 1.807) is 0 Å². The summed E-state index contributed by atoms with van der Waals surface area (Å²) in [7, 11) is 0. The number of hydrogen-bond acceptors (Lipinski definition) is 6. The molecule has 2 aliphatic heterocycles. The molecule has 208 valence electrons. The molecule has 1 aromatic carbocycles. The number of halogens is 3. The Morgan fingerprint density at radius 1 is 1.08 bits per heavy atom. The fraction of sp³-hybridized carbons (Fsp3) is 0.731. The second kappa shape index (κ2) is 13.4. The number of nitrogens with one attached hydrogen (secondary N) is 1. The number of anilines is 1. The Kier molecular flexibility index (Phi) is 10.6. The van der Waals surface area contributed by atoms with E-state index in [-0.39, 0.29) is 17.6 Å². The van der Waals surface area contributed by atoms with Crippen LogP contribution in [0.15, 0.2) is 18.2 Å². The normalized spacial score (nSPS) is 18.4. The molecule has 2 aliphatic rings. The number of nitrogens with zero attached hydrogens (tertiary/aromatic N) is 4. The lowest BCUT2D eigenvalue weighted by molar-refractivity contribution is -0.388. The maximum atomic E-state index is 13.2. The Labute approximate surface area is 217 Å². The van der Waals surface area contributed by atoms with Gasteiger partial charge in [0.2, 0.25) is 5.91 Å². The quantitative estimate of drug-likeness (QED) is 0.323. The van der Waals surface area contributed by atoms with E-state index in [9.17, 15) is 28.1 Å². The van der Waals surface area contributed by atoms with Crippen LogP contribution in [0.4, 0.5) is 24.5 Å². The lowest BCUT2D eigenvalue weighted by Crippen LogP contribution is -2.51. The Balaban J connectivity index is 1.42. The summed E-state index contributed by atoms with van der Waals surface area (Å²) in [6, 6.07) is 3.55. The van der Waals surface area contributed by atoms with E-state index in [4.69, 9.17) is 0 Å². The predicted octanol–water partition coefficient (Wildman–Crippen LogP) is 4.99. The highest BCUT2D eigenvalue weighted by Crippen LogP contribution is 2.38. The topological polar surface area (TPSA) is 82.0 Å². The van der Waals surface area contributed by atoms with Crippen molar-refractivity contribution in [3.8, 4) is 0 Å². The number of rotatable bonds is 11. The van der Waals surface area contributed by atoms with Gasteiger partial charge in [-0.2, -0.15) is 13.2 Å². The van der Waals surface area contributed by atoms with Crippen molar-refractivity contribution in [2.45, 2.75) is 77.1 Å². The second-order valence-electron chi connectivity index (χ2n) is 10.1. The highest BCUT2D eigenvalue weighted by Gasteiger charge is 2.38. The number of hydrogen-bond donors (Lipinski definition) is 1. The Hall–Kier alpha value is -2.40. The van der Waals surface area contributed by atoms with Crippen LogP contribution in [0.2, 0.25) is 0 Å². The summed E-state index contributed by atoms with van der Waals surface area (Å²) in [6.45, 7) is 10.4. The molecule has 37 heavy (non-hydrogen) atoms. The fourth-order valence-corrected chi connectivity index (χ4v) is 5.46. The molecular formula is C26H40F3N5O3. The molecule has 0 aliphatic carbocycles. The monoisotopic (exact) mass is 527 g/mol. The minimum atomic E-state index is -4.81. The SMILES string of the molecule is CCCC(CCC)N1CCN(CCC(=O)N2CCC(Nc3ccc([N+](=O)[O-])c(C(F)(F)F)c3)CC2)CC1. The first kappa shape index (κ1) is 29.2. The Morgan fingerprint density at radius 2 is 1.70 bits per heavy atom. The average molecular weight is 528 g/mol. The third-order valence-corrected chi connectivity index (χ3v) is 7.53. The third-order valence-electron chi connectivity index (χ3n) is 7.53. The van der Waals surface area contributed by atoms with Crippen LogP contribution in [0.1, 0.15) is 64.4 Å². The number of carbonyl (C=O) groups excluding carboxylic acids is 1. The van der Waals surface area contributed by atoms with Crippen molar-refractivity contribution in [3.63, 3.8) is 0 Å². The molecule has 3 rings (SSSR count). The molecule has 0 radical (unpaired) electrons. The summed E-state index contributed by atoms with van der Waals surface area (Å²) in [5.41, 5.74) is -2.02. The standard InChI is InChI=1S/C26H40F3N5O3/c1-3-5-22(6-4-2)32-17-15-31(16-18-32)12-11-25(35)33-13-9-20(10-14-33)30-21-7-8-24(34(36)37)23(19-21)26(27,28)29/h7-8,19-20,22,30H,3-6,9-18H2,1-2H3. The van der Waals surface area contributed by atoms with Crippen molar-refractivity contribution in [2.24, 2.45) is 0 Å². The summed E-state index contributed by atoms with van der Waals surface area (Å²) in [5, 5.41) is 14.0. The van der Waals surface area contributed by atoms with Gasteiger partial charge in [0.15, 0.2) is 0 Å². The van der Waals surface area contributed by atoms with Gasteiger partial charge in [-0.3, -0.25) is 19.8 Å². The van der Waals surface area contributed by atoms with Crippen LogP contribution in [0.25, 0.3) is 0 Å². The number of piperazine rings is 1. The molecule has 0 unspecified atom stereocenters. The van der Waals surface area contributed by atoms with Gasteiger partial charge in [-0.1, -0.05) is 26.7 Å². The van der Waals surface area contributed by atoms with E-state index >= 15 is 0 Å². The minimum absolute atomic E-state index is 0.0983. The van der Waals surface area contributed by atoms with Crippen LogP contribution < -0.4 is 5.32 Å². The van der Waals surface area contributed by atoms with E-state index < -0.39 is 22.4 Å². The zero-order chi connectivity index (χ0) is 27.0. The van der Waals surface area contributed by atoms with E-state index in [2.05, 4.69) is 29.0 Å². The molecule has 1 N–H and O–H groups in total. The fourth-order valence-electron chi connectivity index (χ4n) is 5.46. The highest BCUT2D eigenvalue weighted by molar-refractivity contribution is 5.76. The molecule has 2 saturated heterocycles. The molecule has 0 bridgehead atoms. The number of benzene rings is 1. The molecule has 0 saturated carbocycles. The molecule has 1 amide bonds. The lowest BCUT2D eigenvalue weighted by Gasteiger charge is -2.39. The van der Waals surface area contributed by atoms with Crippen molar-refractivity contribution in [1.82, 2.24) is 14.7 Å². The molecule has 2 heterocycles. The first-order valence-corrected chi connectivity index (χ1v) is 13.5. The molecule has 1 aromatic rings. The summed E-state index contributed by atoms with van der Waals surface area (Å²) in [4.78, 5) is 29.5. The van der Waals surface area contributed by atoms with Crippen LogP contribution in [-0.2, 0) is 11.0 Å². The molecule has 0 atom stereocenters. The van der Waals surface area contributed by atoms with Gasteiger partial charge in [0, 0.05) is 76.1 Å². The summed E-state index contributed by atoms with van der Waals surface area (Å²) in [5.74, 6) is 0.116. The molecule has 8 nitrogen and oxygen atoms in total. The third kappa shape index (κ3) is 8.29. The van der Waals surface area contributed by atoms with Crippen molar-refractivity contribution >= 4 is 17.3 Å². The maximum absolute atomic E-state index is 13.2. The van der Waals surface area contributed by atoms with E-state index in [0.29, 0.717) is 38.4 Å². The minimum Gasteiger partial charge on any atom is -0.382 e. The van der Waals surface area contributed by atoms with Gasteiger partial charge in [-0.15, -0.1) is 0 Å². The number of likely N-dealkylation sites (tertiary alicyclic amines) is 1. The largest absolute Gasteiger partial charge is 0.423 e. The molecular weight excluding hydrogens is 487 g/mol. The van der Waals surface area contributed by atoms with Gasteiger partial charge in [0.1, 0.15) is 5.56 Å².